The van der Waals surface area contributed by atoms with Crippen molar-refractivity contribution in [3.05, 3.63) is 54.1 Å². The highest BCUT2D eigenvalue weighted by molar-refractivity contribution is 7.98. The molecule has 1 saturated heterocycles. The molecule has 0 spiro atoms. The van der Waals surface area contributed by atoms with Crippen molar-refractivity contribution in [3.8, 4) is 0 Å². The van der Waals surface area contributed by atoms with Gasteiger partial charge in [0.25, 0.3) is 15.9 Å². The Kier molecular flexibility index (Phi) is 6.72. The Morgan fingerprint density at radius 2 is 1.60 bits per heavy atom. The molecule has 0 aliphatic carbocycles. The van der Waals surface area contributed by atoms with Gasteiger partial charge in [-0.3, -0.25) is 13.9 Å². The molecule has 0 radical (unpaired) electrons. The Hall–Kier alpha value is -2.52. The lowest BCUT2D eigenvalue weighted by Gasteiger charge is -2.30. The molecule has 2 N–H and O–H groups in total. The number of piperidine rings is 1. The fourth-order valence-electron chi connectivity index (χ4n) is 3.41. The fraction of sp³-hybridized carbons (Fsp3) is 0.333. The Morgan fingerprint density at radius 1 is 1.03 bits per heavy atom. The zero-order chi connectivity index (χ0) is 21.9. The van der Waals surface area contributed by atoms with Crippen LogP contribution in [-0.4, -0.2) is 51.5 Å². The minimum atomic E-state index is -3.70. The first kappa shape index (κ1) is 22.2. The normalized spacial score (nSPS) is 15.1. The van der Waals surface area contributed by atoms with Crippen LogP contribution in [0, 0.1) is 5.92 Å². The molecule has 2 aromatic carbocycles. The summed E-state index contributed by atoms with van der Waals surface area (Å²) in [4.78, 5) is 26.9. The van der Waals surface area contributed by atoms with Gasteiger partial charge in [0.05, 0.1) is 10.6 Å². The molecule has 0 aromatic heterocycles. The van der Waals surface area contributed by atoms with E-state index in [0.29, 0.717) is 37.2 Å². The smallest absolute Gasteiger partial charge is 0.264 e. The van der Waals surface area contributed by atoms with Crippen molar-refractivity contribution < 1.29 is 18.0 Å². The molecule has 3 rings (SSSR count). The highest BCUT2D eigenvalue weighted by Crippen LogP contribution is 2.25. The number of carbonyl (C=O) groups excluding carboxylic acids is 2. The van der Waals surface area contributed by atoms with E-state index in [9.17, 15) is 18.0 Å². The van der Waals surface area contributed by atoms with Gasteiger partial charge >= 0.3 is 0 Å². The first-order chi connectivity index (χ1) is 14.2. The summed E-state index contributed by atoms with van der Waals surface area (Å²) in [5, 5.41) is 0. The summed E-state index contributed by atoms with van der Waals surface area (Å²) in [5.41, 5.74) is 6.28. The number of anilines is 1. The molecule has 1 heterocycles. The molecular weight excluding hydrogens is 422 g/mol. The van der Waals surface area contributed by atoms with Crippen LogP contribution in [0.25, 0.3) is 0 Å². The molecule has 1 aliphatic rings. The van der Waals surface area contributed by atoms with E-state index in [-0.39, 0.29) is 22.6 Å². The lowest BCUT2D eigenvalue weighted by atomic mass is 9.96. The van der Waals surface area contributed by atoms with Gasteiger partial charge < -0.3 is 10.6 Å². The van der Waals surface area contributed by atoms with E-state index in [0.717, 1.165) is 4.90 Å². The van der Waals surface area contributed by atoms with Gasteiger partial charge in [0.1, 0.15) is 0 Å². The standard InChI is InChI=1S/C21H25N3O4S2/c1-23(30(27,28)19-9-7-18(29-2)8-10-19)17-5-3-16(4-6-17)21(26)24-13-11-15(12-14-24)20(22)25/h3-10,15H,11-14H2,1-2H3,(H2,22,25). The number of nitrogens with two attached hydrogens (primary N) is 1. The lowest BCUT2D eigenvalue weighted by Crippen LogP contribution is -2.41. The molecule has 30 heavy (non-hydrogen) atoms. The molecule has 7 nitrogen and oxygen atoms in total. The maximum atomic E-state index is 12.9. The van der Waals surface area contributed by atoms with Crippen molar-refractivity contribution in [2.45, 2.75) is 22.6 Å². The number of benzene rings is 2. The third kappa shape index (κ3) is 4.62. The molecule has 0 unspecified atom stereocenters. The number of sulfonamides is 1. The predicted octanol–water partition coefficient (Wildman–Crippen LogP) is 2.57. The van der Waals surface area contributed by atoms with Crippen LogP contribution >= 0.6 is 11.8 Å². The molecular formula is C21H25N3O4S2. The van der Waals surface area contributed by atoms with Crippen LogP contribution in [0.5, 0.6) is 0 Å². The number of carbonyl (C=O) groups is 2. The number of nitrogens with zero attached hydrogens (tertiary/aromatic N) is 2. The van der Waals surface area contributed by atoms with Crippen LogP contribution in [0.1, 0.15) is 23.2 Å². The molecule has 9 heteroatoms. The van der Waals surface area contributed by atoms with Gasteiger partial charge in [0.15, 0.2) is 0 Å². The summed E-state index contributed by atoms with van der Waals surface area (Å²) >= 11 is 1.54. The van der Waals surface area contributed by atoms with Gasteiger partial charge in [-0.25, -0.2) is 8.42 Å². The zero-order valence-electron chi connectivity index (χ0n) is 16.9. The second-order valence-electron chi connectivity index (χ2n) is 7.16. The van der Waals surface area contributed by atoms with Gasteiger partial charge in [0, 0.05) is 36.5 Å². The maximum Gasteiger partial charge on any atom is 0.264 e. The SMILES string of the molecule is CSc1ccc(S(=O)(=O)N(C)c2ccc(C(=O)N3CCC(C(N)=O)CC3)cc2)cc1. The van der Waals surface area contributed by atoms with Gasteiger partial charge in [0.2, 0.25) is 5.91 Å². The molecule has 0 bridgehead atoms. The van der Waals surface area contributed by atoms with E-state index in [1.165, 1.54) is 11.4 Å². The van der Waals surface area contributed by atoms with Crippen molar-refractivity contribution in [2.75, 3.05) is 30.7 Å². The van der Waals surface area contributed by atoms with Crippen LogP contribution < -0.4 is 10.0 Å². The van der Waals surface area contributed by atoms with Gasteiger partial charge in [-0.15, -0.1) is 11.8 Å². The third-order valence-electron chi connectivity index (χ3n) is 5.38. The second-order valence-corrected chi connectivity index (χ2v) is 10.0. The highest BCUT2D eigenvalue weighted by atomic mass is 32.2. The summed E-state index contributed by atoms with van der Waals surface area (Å²) in [6, 6.07) is 13.2. The van der Waals surface area contributed by atoms with Crippen LogP contribution in [-0.2, 0) is 14.8 Å². The molecule has 2 aromatic rings. The van der Waals surface area contributed by atoms with Gasteiger partial charge in [-0.05, 0) is 67.6 Å². The summed E-state index contributed by atoms with van der Waals surface area (Å²) in [7, 11) is -2.21. The topological polar surface area (TPSA) is 101 Å². The predicted molar refractivity (Wildman–Crippen MR) is 118 cm³/mol. The molecule has 1 fully saturated rings. The van der Waals surface area contributed by atoms with Crippen molar-refractivity contribution >= 4 is 39.3 Å². The van der Waals surface area contributed by atoms with E-state index >= 15 is 0 Å². The van der Waals surface area contributed by atoms with E-state index in [2.05, 4.69) is 0 Å². The van der Waals surface area contributed by atoms with Crippen molar-refractivity contribution in [2.24, 2.45) is 11.7 Å². The number of likely N-dealkylation sites (tertiary alicyclic amines) is 1. The highest BCUT2D eigenvalue weighted by Gasteiger charge is 2.27. The van der Waals surface area contributed by atoms with E-state index < -0.39 is 10.0 Å². The first-order valence-corrected chi connectivity index (χ1v) is 12.2. The van der Waals surface area contributed by atoms with Gasteiger partial charge in [-0.1, -0.05) is 0 Å². The minimum absolute atomic E-state index is 0.136. The Bertz CT molecular complexity index is 1010. The number of rotatable bonds is 6. The van der Waals surface area contributed by atoms with Crippen LogP contribution in [0.4, 0.5) is 5.69 Å². The summed E-state index contributed by atoms with van der Waals surface area (Å²) < 4.78 is 27.0. The molecule has 160 valence electrons. The third-order valence-corrected chi connectivity index (χ3v) is 7.92. The maximum absolute atomic E-state index is 12.9. The largest absolute Gasteiger partial charge is 0.369 e. The number of hydrogen-bond donors (Lipinski definition) is 1. The van der Waals surface area contributed by atoms with Crippen molar-refractivity contribution in [1.82, 2.24) is 4.90 Å². The van der Waals surface area contributed by atoms with E-state index in [1.54, 1.807) is 65.2 Å². The number of amides is 2. The van der Waals surface area contributed by atoms with Crippen molar-refractivity contribution in [1.29, 1.82) is 0 Å². The quantitative estimate of drug-likeness (QED) is 0.686. The summed E-state index contributed by atoms with van der Waals surface area (Å²) in [6.45, 7) is 0.961. The van der Waals surface area contributed by atoms with Crippen LogP contribution in [0.15, 0.2) is 58.3 Å². The molecule has 1 aliphatic heterocycles. The van der Waals surface area contributed by atoms with Gasteiger partial charge in [-0.2, -0.15) is 0 Å². The number of primary amides is 1. The number of thioether (sulfide) groups is 1. The average Bonchev–Trinajstić information content (AvgIpc) is 2.78. The first-order valence-electron chi connectivity index (χ1n) is 9.55. The fourth-order valence-corrected chi connectivity index (χ4v) is 5.01. The average molecular weight is 448 g/mol. The molecule has 0 saturated carbocycles. The van der Waals surface area contributed by atoms with Crippen molar-refractivity contribution in [3.63, 3.8) is 0 Å². The van der Waals surface area contributed by atoms with E-state index in [1.807, 2.05) is 6.26 Å². The Morgan fingerprint density at radius 3 is 2.10 bits per heavy atom. The zero-order valence-corrected chi connectivity index (χ0v) is 18.6. The van der Waals surface area contributed by atoms with E-state index in [4.69, 9.17) is 5.73 Å². The molecule has 0 atom stereocenters. The Labute approximate surface area is 181 Å². The molecule has 2 amide bonds. The summed E-state index contributed by atoms with van der Waals surface area (Å²) in [5.74, 6) is -0.637. The van der Waals surface area contributed by atoms with Crippen LogP contribution in [0.2, 0.25) is 0 Å². The van der Waals surface area contributed by atoms with Crippen LogP contribution in [0.3, 0.4) is 0 Å². The summed E-state index contributed by atoms with van der Waals surface area (Å²) in [6.07, 6.45) is 3.06. The monoisotopic (exact) mass is 447 g/mol. The second kappa shape index (κ2) is 9.09. The Balaban J connectivity index is 1.71. The minimum Gasteiger partial charge on any atom is -0.369 e. The lowest BCUT2D eigenvalue weighted by molar-refractivity contribution is -0.123. The number of hydrogen-bond acceptors (Lipinski definition) is 5.